The number of para-hydroxylation sites is 1. The fourth-order valence-corrected chi connectivity index (χ4v) is 2.07. The van der Waals surface area contributed by atoms with Gasteiger partial charge in [0, 0.05) is 12.7 Å². The molecular weight excluding hydrogens is 184 g/mol. The first kappa shape index (κ1) is 8.59. The van der Waals surface area contributed by atoms with Crippen LogP contribution in [0.2, 0.25) is 0 Å². The number of amidine groups is 1. The zero-order chi connectivity index (χ0) is 9.26. The molecule has 1 heterocycles. The van der Waals surface area contributed by atoms with E-state index in [1.807, 2.05) is 24.3 Å². The molecular formula is C9H10N2OS. The van der Waals surface area contributed by atoms with E-state index in [0.717, 1.165) is 11.3 Å². The van der Waals surface area contributed by atoms with Gasteiger partial charge in [-0.25, -0.2) is 4.99 Å². The van der Waals surface area contributed by atoms with Crippen molar-refractivity contribution in [2.75, 3.05) is 7.11 Å². The second-order valence-electron chi connectivity index (χ2n) is 2.69. The monoisotopic (exact) mass is 194 g/mol. The van der Waals surface area contributed by atoms with Crippen LogP contribution in [0.25, 0.3) is 0 Å². The minimum absolute atomic E-state index is 0.0197. The lowest BCUT2D eigenvalue weighted by Gasteiger charge is -2.20. The molecule has 4 heteroatoms. The van der Waals surface area contributed by atoms with E-state index in [1.165, 1.54) is 11.8 Å². The summed E-state index contributed by atoms with van der Waals surface area (Å²) in [5.41, 5.74) is 7.62. The zero-order valence-corrected chi connectivity index (χ0v) is 8.04. The molecule has 1 aromatic rings. The number of fused-ring (bicyclic) bond motifs is 1. The maximum Gasteiger partial charge on any atom is 0.162 e. The third kappa shape index (κ3) is 1.55. The molecule has 1 aromatic carbocycles. The van der Waals surface area contributed by atoms with Gasteiger partial charge < -0.3 is 10.5 Å². The van der Waals surface area contributed by atoms with Crippen molar-refractivity contribution in [1.82, 2.24) is 0 Å². The second kappa shape index (κ2) is 3.40. The largest absolute Gasteiger partial charge is 0.378 e. The van der Waals surface area contributed by atoms with Crippen LogP contribution in [-0.2, 0) is 4.74 Å². The van der Waals surface area contributed by atoms with Crippen LogP contribution in [0.15, 0.2) is 29.3 Å². The van der Waals surface area contributed by atoms with Crippen LogP contribution in [0, 0.1) is 0 Å². The van der Waals surface area contributed by atoms with Crippen LogP contribution in [0.3, 0.4) is 0 Å². The first-order valence-electron chi connectivity index (χ1n) is 3.94. The summed E-state index contributed by atoms with van der Waals surface area (Å²) in [4.78, 5) is 4.22. The smallest absolute Gasteiger partial charge is 0.162 e. The van der Waals surface area contributed by atoms with Gasteiger partial charge in [-0.3, -0.25) is 0 Å². The molecule has 0 spiro atoms. The molecule has 68 valence electrons. The highest BCUT2D eigenvalue weighted by Crippen LogP contribution is 2.39. The van der Waals surface area contributed by atoms with Gasteiger partial charge in [-0.15, -0.1) is 0 Å². The predicted molar refractivity (Wildman–Crippen MR) is 55.1 cm³/mol. The predicted octanol–water partition coefficient (Wildman–Crippen LogP) is 2.02. The normalized spacial score (nSPS) is 20.7. The van der Waals surface area contributed by atoms with E-state index in [1.54, 1.807) is 7.11 Å². The van der Waals surface area contributed by atoms with E-state index in [-0.39, 0.29) is 5.44 Å². The van der Waals surface area contributed by atoms with E-state index >= 15 is 0 Å². The van der Waals surface area contributed by atoms with E-state index < -0.39 is 0 Å². The maximum atomic E-state index is 5.65. The molecule has 0 saturated heterocycles. The summed E-state index contributed by atoms with van der Waals surface area (Å²) in [5, 5.41) is 0.561. The van der Waals surface area contributed by atoms with Crippen molar-refractivity contribution >= 4 is 22.6 Å². The number of thioether (sulfide) groups is 1. The van der Waals surface area contributed by atoms with Gasteiger partial charge in [0.1, 0.15) is 5.44 Å². The van der Waals surface area contributed by atoms with Crippen molar-refractivity contribution in [2.24, 2.45) is 10.7 Å². The van der Waals surface area contributed by atoms with Gasteiger partial charge in [-0.2, -0.15) is 0 Å². The van der Waals surface area contributed by atoms with Crippen LogP contribution < -0.4 is 5.73 Å². The number of methoxy groups -OCH3 is 1. The Labute approximate surface area is 81.0 Å². The molecule has 0 amide bonds. The van der Waals surface area contributed by atoms with Gasteiger partial charge in [0.25, 0.3) is 0 Å². The first-order chi connectivity index (χ1) is 6.31. The Balaban J connectivity index is 2.48. The summed E-state index contributed by atoms with van der Waals surface area (Å²) in [7, 11) is 1.67. The van der Waals surface area contributed by atoms with Gasteiger partial charge in [0.05, 0.1) is 5.69 Å². The lowest BCUT2D eigenvalue weighted by Crippen LogP contribution is -2.14. The highest BCUT2D eigenvalue weighted by Gasteiger charge is 2.20. The lowest BCUT2D eigenvalue weighted by atomic mass is 10.2. The highest BCUT2D eigenvalue weighted by atomic mass is 32.2. The van der Waals surface area contributed by atoms with Crippen LogP contribution in [0.4, 0.5) is 5.69 Å². The Kier molecular flexibility index (Phi) is 2.24. The Morgan fingerprint density at radius 1 is 1.46 bits per heavy atom. The van der Waals surface area contributed by atoms with Gasteiger partial charge in [0.2, 0.25) is 0 Å². The van der Waals surface area contributed by atoms with Crippen molar-refractivity contribution < 1.29 is 4.74 Å². The lowest BCUT2D eigenvalue weighted by molar-refractivity contribution is 0.176. The van der Waals surface area contributed by atoms with E-state index in [4.69, 9.17) is 10.5 Å². The zero-order valence-electron chi connectivity index (χ0n) is 7.23. The molecule has 0 aliphatic carbocycles. The maximum absolute atomic E-state index is 5.65. The van der Waals surface area contributed by atoms with E-state index in [0.29, 0.717) is 5.17 Å². The summed E-state index contributed by atoms with van der Waals surface area (Å²) in [6.45, 7) is 0. The molecule has 3 nitrogen and oxygen atoms in total. The third-order valence-corrected chi connectivity index (χ3v) is 2.86. The molecule has 1 atom stereocenters. The molecule has 2 N–H and O–H groups in total. The van der Waals surface area contributed by atoms with Gasteiger partial charge in [-0.1, -0.05) is 30.0 Å². The van der Waals surface area contributed by atoms with Crippen LogP contribution >= 0.6 is 11.8 Å². The average Bonchev–Trinajstić information content (AvgIpc) is 2.16. The molecule has 0 radical (unpaired) electrons. The molecule has 0 bridgehead atoms. The number of aliphatic imine (C=N–C) groups is 1. The van der Waals surface area contributed by atoms with Crippen molar-refractivity contribution in [3.05, 3.63) is 29.8 Å². The molecule has 0 fully saturated rings. The van der Waals surface area contributed by atoms with E-state index in [2.05, 4.69) is 4.99 Å². The van der Waals surface area contributed by atoms with Gasteiger partial charge >= 0.3 is 0 Å². The fraction of sp³-hybridized carbons (Fsp3) is 0.222. The number of hydrogen-bond donors (Lipinski definition) is 1. The van der Waals surface area contributed by atoms with Crippen LogP contribution in [-0.4, -0.2) is 12.3 Å². The Bertz CT molecular complexity index is 351. The fourth-order valence-electron chi connectivity index (χ4n) is 1.28. The summed E-state index contributed by atoms with van der Waals surface area (Å²) in [6, 6.07) is 7.86. The van der Waals surface area contributed by atoms with Gasteiger partial charge in [0.15, 0.2) is 5.17 Å². The standard InChI is InChI=1S/C9H10N2OS/c1-12-8-6-4-2-3-5-7(6)11-9(10)13-8/h2-5,8H,1H3,(H2,10,11). The summed E-state index contributed by atoms with van der Waals surface area (Å²) in [6.07, 6.45) is 0. The van der Waals surface area contributed by atoms with Crippen molar-refractivity contribution in [3.8, 4) is 0 Å². The molecule has 0 aromatic heterocycles. The Morgan fingerprint density at radius 2 is 2.23 bits per heavy atom. The molecule has 13 heavy (non-hydrogen) atoms. The Morgan fingerprint density at radius 3 is 3.00 bits per heavy atom. The average molecular weight is 194 g/mol. The van der Waals surface area contributed by atoms with E-state index in [9.17, 15) is 0 Å². The number of rotatable bonds is 1. The van der Waals surface area contributed by atoms with Crippen LogP contribution in [0.5, 0.6) is 0 Å². The molecule has 2 rings (SSSR count). The topological polar surface area (TPSA) is 47.6 Å². The number of nitrogens with zero attached hydrogens (tertiary/aromatic N) is 1. The van der Waals surface area contributed by atoms with Crippen molar-refractivity contribution in [3.63, 3.8) is 0 Å². The Hall–Kier alpha value is -1.00. The minimum atomic E-state index is -0.0197. The first-order valence-corrected chi connectivity index (χ1v) is 4.82. The quantitative estimate of drug-likeness (QED) is 0.744. The molecule has 0 saturated carbocycles. The minimum Gasteiger partial charge on any atom is -0.378 e. The number of ether oxygens (including phenoxy) is 1. The van der Waals surface area contributed by atoms with Crippen LogP contribution in [0.1, 0.15) is 11.0 Å². The summed E-state index contributed by atoms with van der Waals surface area (Å²) in [5.74, 6) is 0. The van der Waals surface area contributed by atoms with Gasteiger partial charge in [-0.05, 0) is 6.07 Å². The molecule has 1 aliphatic rings. The second-order valence-corrected chi connectivity index (χ2v) is 3.78. The third-order valence-electron chi connectivity index (χ3n) is 1.86. The number of nitrogens with two attached hydrogens (primary N) is 1. The number of hydrogen-bond acceptors (Lipinski definition) is 4. The molecule has 1 aliphatic heterocycles. The summed E-state index contributed by atoms with van der Waals surface area (Å²) >= 11 is 1.43. The SMILES string of the molecule is COC1SC(N)=Nc2ccccc21. The number of benzene rings is 1. The van der Waals surface area contributed by atoms with Crippen molar-refractivity contribution in [2.45, 2.75) is 5.44 Å². The van der Waals surface area contributed by atoms with Crippen molar-refractivity contribution in [1.29, 1.82) is 0 Å². The summed E-state index contributed by atoms with van der Waals surface area (Å²) < 4.78 is 5.29. The molecule has 1 unspecified atom stereocenters. The highest BCUT2D eigenvalue weighted by molar-refractivity contribution is 8.13.